The fourth-order valence-electron chi connectivity index (χ4n) is 0.454. The molecular weight excluding hydrogens is 1230 g/mol. The smallest absolute Gasteiger partial charge is 0.872 e. The van der Waals surface area contributed by atoms with Gasteiger partial charge in [0.1, 0.15) is 0 Å². The van der Waals surface area contributed by atoms with Crippen molar-refractivity contribution < 1.29 is 213 Å². The van der Waals surface area contributed by atoms with Crippen molar-refractivity contribution in [1.82, 2.24) is 0 Å². The number of hydrogen-bond donors (Lipinski definition) is 0. The summed E-state index contributed by atoms with van der Waals surface area (Å²) < 4.78 is 15.1. The Morgan fingerprint density at radius 1 is 0.179 bits per heavy atom. The van der Waals surface area contributed by atoms with E-state index in [-0.39, 0.29) is 89.5 Å². The van der Waals surface area contributed by atoms with Gasteiger partial charge in [0, 0.05) is 73.2 Å². The van der Waals surface area contributed by atoms with Crippen LogP contribution in [0.15, 0.2) is 0 Å². The Kier molecular flexibility index (Phi) is 74.5. The van der Waals surface area contributed by atoms with Gasteiger partial charge in [0.15, 0.2) is 0 Å². The predicted octanol–water partition coefficient (Wildman–Crippen LogP) is -27.9. The van der Waals surface area contributed by atoms with E-state index in [2.05, 4.69) is 22.9 Å². The average molecular weight is 1230 g/mol. The van der Waals surface area contributed by atoms with E-state index in [1.165, 1.54) is 0 Å². The Morgan fingerprint density at radius 2 is 0.231 bits per heavy atom. The molecule has 0 aliphatic rings. The summed E-state index contributed by atoms with van der Waals surface area (Å²) in [5.41, 5.74) is 0. The second-order valence-corrected chi connectivity index (χ2v) is 3.57. The van der Waals surface area contributed by atoms with Gasteiger partial charge in [-0.25, -0.2) is 0 Å². The van der Waals surface area contributed by atoms with Gasteiger partial charge < -0.3 is 123 Å². The molecule has 0 radical (unpaired) electrons. The van der Waals surface area contributed by atoms with Crippen LogP contribution in [-0.2, 0) is 112 Å². The average Bonchev–Trinajstić information content (AvgIpc) is 2.49. The van der Waals surface area contributed by atoms with Gasteiger partial charge >= 0.3 is 89.5 Å². The van der Waals surface area contributed by atoms with Crippen molar-refractivity contribution in [2.24, 2.45) is 0 Å². The molecule has 0 saturated carbocycles. The first-order chi connectivity index (χ1) is 15.6. The second-order valence-electron chi connectivity index (χ2n) is 3.57. The molecule has 0 heterocycles. The van der Waals surface area contributed by atoms with E-state index in [0.29, 0.717) is 0 Å². The van der Waals surface area contributed by atoms with E-state index in [0.717, 1.165) is 0 Å². The molecule has 0 rings (SSSR count). The monoisotopic (exact) mass is 1230 g/mol. The molecule has 0 atom stereocenters. The Hall–Kier alpha value is 2.61. The molecule has 0 aromatic rings. The summed E-state index contributed by atoms with van der Waals surface area (Å²) in [5, 5.41) is 183. The molecule has 0 amide bonds. The van der Waals surface area contributed by atoms with Crippen LogP contribution < -0.4 is 100 Å². The van der Waals surface area contributed by atoms with Gasteiger partial charge in [0.2, 0.25) is 0 Å². The van der Waals surface area contributed by atoms with E-state index in [9.17, 15) is 0 Å². The van der Waals surface area contributed by atoms with Gasteiger partial charge in [-0.15, -0.1) is 0 Å². The van der Waals surface area contributed by atoms with Crippen molar-refractivity contribution in [3.63, 3.8) is 0 Å². The zero-order chi connectivity index (χ0) is 29.3. The topological polar surface area (TPSA) is 507 Å². The van der Waals surface area contributed by atoms with Crippen molar-refractivity contribution >= 4 is 73.2 Å². The van der Waals surface area contributed by atoms with Crippen molar-refractivity contribution in [1.29, 1.82) is 0 Å². The minimum absolute atomic E-state index is 0. The van der Waals surface area contributed by atoms with E-state index in [1.807, 2.05) is 0 Å². The maximum absolute atomic E-state index is 9.16. The number of hydrogen-bond acceptors (Lipinski definition) is 25. The summed E-state index contributed by atoms with van der Waals surface area (Å²) in [5.74, 6) is 0. The molecule has 0 unspecified atom stereocenters. The molecule has 39 heteroatoms. The summed E-state index contributed by atoms with van der Waals surface area (Å²) >= 11 is 0. The molecule has 25 nitrogen and oxygen atoms in total. The molecular formula is B10O25Ta4. The molecule has 0 aromatic carbocycles. The van der Waals surface area contributed by atoms with Gasteiger partial charge in [-0.05, 0) is 0 Å². The summed E-state index contributed by atoms with van der Waals surface area (Å²) in [6.45, 7) is 0. The number of rotatable bonds is 10. The largest absolute Gasteiger partial charge is 5.00 e. The fraction of sp³-hybridized carbons (Fsp3) is 0. The Bertz CT molecular complexity index is 277. The third-order valence-electron chi connectivity index (χ3n) is 1.11. The van der Waals surface area contributed by atoms with Crippen molar-refractivity contribution in [3.05, 3.63) is 0 Å². The standard InChI is InChI=1S/5B2O5.4Ta/c5*3-1(4)7-2(5)6;;;;/q5*-4;4*+5. The van der Waals surface area contributed by atoms with E-state index < -0.39 is 73.2 Å². The molecule has 0 aromatic heterocycles. The quantitative estimate of drug-likeness (QED) is 0.183. The van der Waals surface area contributed by atoms with Gasteiger partial charge in [0.05, 0.1) is 0 Å². The van der Waals surface area contributed by atoms with Gasteiger partial charge in [0.25, 0.3) is 0 Å². The van der Waals surface area contributed by atoms with Crippen LogP contribution in [0.4, 0.5) is 0 Å². The molecule has 0 saturated heterocycles. The van der Waals surface area contributed by atoms with Crippen molar-refractivity contribution in [3.8, 4) is 0 Å². The SMILES string of the molecule is [O-]B([O-])OB([O-])[O-].[O-]B([O-])OB([O-])[O-].[O-]B([O-])OB([O-])[O-].[O-]B([O-])OB([O-])[O-].[O-]B([O-])OB([O-])[O-].[Ta+5].[Ta+5].[Ta+5].[Ta+5]. The van der Waals surface area contributed by atoms with Crippen LogP contribution in [0.2, 0.25) is 0 Å². The van der Waals surface area contributed by atoms with Crippen molar-refractivity contribution in [2.45, 2.75) is 0 Å². The van der Waals surface area contributed by atoms with E-state index in [1.54, 1.807) is 0 Å². The molecule has 39 heavy (non-hydrogen) atoms. The summed E-state index contributed by atoms with van der Waals surface area (Å²) in [7, 11) is -27.5. The van der Waals surface area contributed by atoms with Crippen LogP contribution in [0.3, 0.4) is 0 Å². The molecule has 0 fully saturated rings. The summed E-state index contributed by atoms with van der Waals surface area (Å²) in [6.07, 6.45) is 0. The molecule has 0 bridgehead atoms. The van der Waals surface area contributed by atoms with Gasteiger partial charge in [-0.3, -0.25) is 0 Å². The first kappa shape index (κ1) is 64.5. The van der Waals surface area contributed by atoms with Crippen LogP contribution in [0.1, 0.15) is 0 Å². The van der Waals surface area contributed by atoms with Gasteiger partial charge in [-0.2, -0.15) is 0 Å². The minimum Gasteiger partial charge on any atom is -0.872 e. The van der Waals surface area contributed by atoms with Gasteiger partial charge in [-0.1, -0.05) is 0 Å². The summed E-state index contributed by atoms with van der Waals surface area (Å²) in [6, 6.07) is 0. The molecule has 0 aliphatic carbocycles. The Balaban J connectivity index is -0.0000000402. The minimum atomic E-state index is -2.75. The zero-order valence-electron chi connectivity index (χ0n) is 17.8. The third kappa shape index (κ3) is 118. The zero-order valence-corrected chi connectivity index (χ0v) is 30.6. The maximum Gasteiger partial charge on any atom is 5.00 e. The summed E-state index contributed by atoms with van der Waals surface area (Å²) in [4.78, 5) is 0. The first-order valence-electron chi connectivity index (χ1n) is 7.07. The Morgan fingerprint density at radius 3 is 0.231 bits per heavy atom. The Labute approximate surface area is 284 Å². The van der Waals surface area contributed by atoms with E-state index >= 15 is 0 Å². The van der Waals surface area contributed by atoms with Crippen LogP contribution >= 0.6 is 0 Å². The predicted molar refractivity (Wildman–Crippen MR) is 63.0 cm³/mol. The van der Waals surface area contributed by atoms with Crippen LogP contribution in [0, 0.1) is 0 Å². The van der Waals surface area contributed by atoms with Crippen molar-refractivity contribution in [2.75, 3.05) is 0 Å². The maximum atomic E-state index is 9.16. The molecule has 0 spiro atoms. The van der Waals surface area contributed by atoms with Crippen LogP contribution in [0.25, 0.3) is 0 Å². The first-order valence-corrected chi connectivity index (χ1v) is 7.07. The van der Waals surface area contributed by atoms with Crippen LogP contribution in [0.5, 0.6) is 0 Å². The normalized spacial score (nSPS) is 7.69. The molecule has 200 valence electrons. The van der Waals surface area contributed by atoms with Crippen LogP contribution in [-0.4, -0.2) is 73.2 Å². The van der Waals surface area contributed by atoms with E-state index in [4.69, 9.17) is 100 Å². The molecule has 0 aliphatic heterocycles. The third-order valence-corrected chi connectivity index (χ3v) is 1.11. The molecule has 0 N–H and O–H groups in total. The fourth-order valence-corrected chi connectivity index (χ4v) is 0.454. The second kappa shape index (κ2) is 45.0.